The molecular formula is C17H20N4O2. The van der Waals surface area contributed by atoms with E-state index in [1.54, 1.807) is 6.07 Å². The van der Waals surface area contributed by atoms with E-state index in [4.69, 9.17) is 4.52 Å². The van der Waals surface area contributed by atoms with Crippen LogP contribution in [0.15, 0.2) is 22.7 Å². The summed E-state index contributed by atoms with van der Waals surface area (Å²) in [7, 11) is 0. The minimum absolute atomic E-state index is 0.0140. The molecule has 0 bridgehead atoms. The molecule has 2 aliphatic rings. The molecule has 0 radical (unpaired) electrons. The van der Waals surface area contributed by atoms with Crippen LogP contribution in [0.5, 0.6) is 0 Å². The molecule has 0 spiro atoms. The first-order valence-electron chi connectivity index (χ1n) is 8.41. The van der Waals surface area contributed by atoms with Crippen molar-refractivity contribution in [1.82, 2.24) is 20.0 Å². The predicted octanol–water partition coefficient (Wildman–Crippen LogP) is 3.03. The molecule has 6 heteroatoms. The average Bonchev–Trinajstić information content (AvgIpc) is 3.36. The molecule has 1 saturated carbocycles. The van der Waals surface area contributed by atoms with Crippen molar-refractivity contribution >= 4 is 5.91 Å². The molecule has 1 amide bonds. The van der Waals surface area contributed by atoms with Gasteiger partial charge in [-0.3, -0.25) is 4.79 Å². The molecule has 0 unspecified atom stereocenters. The van der Waals surface area contributed by atoms with Gasteiger partial charge >= 0.3 is 0 Å². The van der Waals surface area contributed by atoms with Crippen molar-refractivity contribution in [2.75, 3.05) is 13.1 Å². The molecule has 3 heterocycles. The van der Waals surface area contributed by atoms with E-state index in [1.807, 2.05) is 17.0 Å². The van der Waals surface area contributed by atoms with Gasteiger partial charge in [0.1, 0.15) is 11.4 Å². The van der Waals surface area contributed by atoms with Gasteiger partial charge in [0.15, 0.2) is 5.82 Å². The minimum atomic E-state index is -0.0140. The molecular weight excluding hydrogens is 292 g/mol. The van der Waals surface area contributed by atoms with E-state index in [2.05, 4.69) is 15.1 Å². The van der Waals surface area contributed by atoms with Gasteiger partial charge in [-0.05, 0) is 37.8 Å². The Bertz CT molecular complexity index is 700. The molecule has 120 valence electrons. The molecule has 1 aliphatic heterocycles. The summed E-state index contributed by atoms with van der Waals surface area (Å²) in [6, 6.07) is 5.39. The third-order valence-electron chi connectivity index (χ3n) is 4.74. The summed E-state index contributed by atoms with van der Waals surface area (Å²) in [5.41, 5.74) is 1.02. The summed E-state index contributed by atoms with van der Waals surface area (Å²) in [6.07, 6.45) is 6.85. The maximum Gasteiger partial charge on any atom is 0.276 e. The SMILES string of the molecule is O=C(c1cccc(-c2nc(C3CCCC3)no2)n1)N1CCCC1. The molecule has 23 heavy (non-hydrogen) atoms. The Morgan fingerprint density at radius 2 is 1.87 bits per heavy atom. The van der Waals surface area contributed by atoms with E-state index in [0.717, 1.165) is 44.6 Å². The molecule has 2 fully saturated rings. The second kappa shape index (κ2) is 6.10. The second-order valence-corrected chi connectivity index (χ2v) is 6.35. The van der Waals surface area contributed by atoms with Crippen molar-refractivity contribution in [2.45, 2.75) is 44.4 Å². The van der Waals surface area contributed by atoms with E-state index in [1.165, 1.54) is 12.8 Å². The van der Waals surface area contributed by atoms with Crippen molar-refractivity contribution in [1.29, 1.82) is 0 Å². The summed E-state index contributed by atoms with van der Waals surface area (Å²) >= 11 is 0. The van der Waals surface area contributed by atoms with Gasteiger partial charge in [0.05, 0.1) is 0 Å². The van der Waals surface area contributed by atoms with Crippen LogP contribution in [0, 0.1) is 0 Å². The Hall–Kier alpha value is -2.24. The fraction of sp³-hybridized carbons (Fsp3) is 0.529. The monoisotopic (exact) mass is 312 g/mol. The Balaban J connectivity index is 1.57. The van der Waals surface area contributed by atoms with Gasteiger partial charge in [0, 0.05) is 19.0 Å². The Morgan fingerprint density at radius 1 is 1.09 bits per heavy atom. The topological polar surface area (TPSA) is 72.1 Å². The highest BCUT2D eigenvalue weighted by molar-refractivity contribution is 5.92. The molecule has 6 nitrogen and oxygen atoms in total. The number of carbonyl (C=O) groups excluding carboxylic acids is 1. The minimum Gasteiger partial charge on any atom is -0.337 e. The van der Waals surface area contributed by atoms with Crippen LogP contribution in [0.4, 0.5) is 0 Å². The summed E-state index contributed by atoms with van der Waals surface area (Å²) < 4.78 is 5.37. The van der Waals surface area contributed by atoms with Gasteiger partial charge in [-0.15, -0.1) is 0 Å². The number of carbonyl (C=O) groups is 1. The van der Waals surface area contributed by atoms with E-state index >= 15 is 0 Å². The zero-order valence-electron chi connectivity index (χ0n) is 13.1. The van der Waals surface area contributed by atoms with Crippen LogP contribution in [-0.2, 0) is 0 Å². The summed E-state index contributed by atoms with van der Waals surface area (Å²) in [6.45, 7) is 1.63. The van der Waals surface area contributed by atoms with Crippen molar-refractivity contribution < 1.29 is 9.32 Å². The highest BCUT2D eigenvalue weighted by Gasteiger charge is 2.24. The van der Waals surface area contributed by atoms with Crippen LogP contribution in [0.3, 0.4) is 0 Å². The number of hydrogen-bond donors (Lipinski definition) is 0. The highest BCUT2D eigenvalue weighted by atomic mass is 16.5. The lowest BCUT2D eigenvalue weighted by atomic mass is 10.1. The van der Waals surface area contributed by atoms with Gasteiger partial charge < -0.3 is 9.42 Å². The third-order valence-corrected chi connectivity index (χ3v) is 4.74. The summed E-state index contributed by atoms with van der Waals surface area (Å²) in [5, 5.41) is 4.11. The van der Waals surface area contributed by atoms with Crippen LogP contribution in [0.1, 0.15) is 60.8 Å². The van der Waals surface area contributed by atoms with Crippen LogP contribution < -0.4 is 0 Å². The maximum absolute atomic E-state index is 12.4. The van der Waals surface area contributed by atoms with Crippen molar-refractivity contribution in [3.63, 3.8) is 0 Å². The van der Waals surface area contributed by atoms with Gasteiger partial charge in [-0.2, -0.15) is 4.98 Å². The number of nitrogens with zero attached hydrogens (tertiary/aromatic N) is 4. The van der Waals surface area contributed by atoms with Crippen molar-refractivity contribution in [2.24, 2.45) is 0 Å². The van der Waals surface area contributed by atoms with Crippen LogP contribution in [0.2, 0.25) is 0 Å². The first-order chi connectivity index (χ1) is 11.3. The number of hydrogen-bond acceptors (Lipinski definition) is 5. The zero-order chi connectivity index (χ0) is 15.6. The van der Waals surface area contributed by atoms with Gasteiger partial charge in [-0.1, -0.05) is 24.1 Å². The quantitative estimate of drug-likeness (QED) is 0.871. The first kappa shape index (κ1) is 14.4. The largest absolute Gasteiger partial charge is 0.337 e. The smallest absolute Gasteiger partial charge is 0.276 e. The molecule has 2 aromatic heterocycles. The first-order valence-corrected chi connectivity index (χ1v) is 8.41. The number of amides is 1. The Labute approximate surface area is 134 Å². The number of aromatic nitrogens is 3. The lowest BCUT2D eigenvalue weighted by molar-refractivity contribution is 0.0787. The molecule has 2 aromatic rings. The van der Waals surface area contributed by atoms with Crippen LogP contribution in [-0.4, -0.2) is 39.0 Å². The average molecular weight is 312 g/mol. The van der Waals surface area contributed by atoms with Crippen molar-refractivity contribution in [3.8, 4) is 11.6 Å². The van der Waals surface area contributed by atoms with E-state index in [9.17, 15) is 4.79 Å². The van der Waals surface area contributed by atoms with Crippen LogP contribution >= 0.6 is 0 Å². The zero-order valence-corrected chi connectivity index (χ0v) is 13.1. The molecule has 0 N–H and O–H groups in total. The number of rotatable bonds is 3. The summed E-state index contributed by atoms with van der Waals surface area (Å²) in [4.78, 5) is 23.2. The van der Waals surface area contributed by atoms with Gasteiger partial charge in [0.2, 0.25) is 0 Å². The fourth-order valence-corrected chi connectivity index (χ4v) is 3.44. The maximum atomic E-state index is 12.4. The van der Waals surface area contributed by atoms with Gasteiger partial charge in [-0.25, -0.2) is 4.98 Å². The normalized spacial score (nSPS) is 18.7. The van der Waals surface area contributed by atoms with Crippen LogP contribution in [0.25, 0.3) is 11.6 Å². The summed E-state index contributed by atoms with van der Waals surface area (Å²) in [5.74, 6) is 1.57. The lowest BCUT2D eigenvalue weighted by Crippen LogP contribution is -2.28. The van der Waals surface area contributed by atoms with Crippen molar-refractivity contribution in [3.05, 3.63) is 29.7 Å². The number of pyridine rings is 1. The predicted molar refractivity (Wildman–Crippen MR) is 83.9 cm³/mol. The fourth-order valence-electron chi connectivity index (χ4n) is 3.44. The molecule has 4 rings (SSSR count). The Kier molecular flexibility index (Phi) is 3.81. The molecule has 0 aromatic carbocycles. The standard InChI is InChI=1S/C17H20N4O2/c22-17(21-10-3-4-11-21)14-9-5-8-13(18-14)16-19-15(20-23-16)12-6-1-2-7-12/h5,8-9,12H,1-4,6-7,10-11H2. The lowest BCUT2D eigenvalue weighted by Gasteiger charge is -2.14. The third kappa shape index (κ3) is 2.85. The van der Waals surface area contributed by atoms with E-state index in [0.29, 0.717) is 23.2 Å². The van der Waals surface area contributed by atoms with E-state index < -0.39 is 0 Å². The van der Waals surface area contributed by atoms with Gasteiger partial charge in [0.25, 0.3) is 11.8 Å². The Morgan fingerprint density at radius 3 is 2.65 bits per heavy atom. The van der Waals surface area contributed by atoms with E-state index in [-0.39, 0.29) is 5.91 Å². The molecule has 0 atom stereocenters. The second-order valence-electron chi connectivity index (χ2n) is 6.35. The highest BCUT2D eigenvalue weighted by Crippen LogP contribution is 2.33. The molecule has 1 aliphatic carbocycles. The molecule has 1 saturated heterocycles. The number of likely N-dealkylation sites (tertiary alicyclic amines) is 1.